The molecule has 0 spiro atoms. The van der Waals surface area contributed by atoms with Crippen molar-refractivity contribution in [1.29, 1.82) is 5.26 Å². The van der Waals surface area contributed by atoms with Gasteiger partial charge in [0.05, 0.1) is 12.0 Å². The van der Waals surface area contributed by atoms with Gasteiger partial charge in [-0.25, -0.2) is 0 Å². The van der Waals surface area contributed by atoms with Crippen LogP contribution in [0, 0.1) is 17.2 Å². The Balaban J connectivity index is 1.94. The Hall–Kier alpha value is -2.56. The average Bonchev–Trinajstić information content (AvgIpc) is 2.93. The summed E-state index contributed by atoms with van der Waals surface area (Å²) in [6.45, 7) is -0.0817. The van der Waals surface area contributed by atoms with Crippen LogP contribution in [-0.4, -0.2) is 41.5 Å². The molecule has 1 N–H and O–H groups in total. The molecule has 1 aromatic rings. The van der Waals surface area contributed by atoms with Gasteiger partial charge in [-0.15, -0.1) is 0 Å². The summed E-state index contributed by atoms with van der Waals surface area (Å²) in [4.78, 5) is 24.7. The number of likely N-dealkylation sites (tertiary alicyclic amines) is 1. The van der Waals surface area contributed by atoms with E-state index in [0.29, 0.717) is 17.7 Å². The maximum atomic E-state index is 12.5. The molecule has 8 heteroatoms. The Morgan fingerprint density at radius 3 is 2.58 bits per heavy atom. The summed E-state index contributed by atoms with van der Waals surface area (Å²) in [7, 11) is 0. The lowest BCUT2D eigenvalue weighted by molar-refractivity contribution is -0.157. The molecular formula is C18H20F3N3O2. The lowest BCUT2D eigenvalue weighted by atomic mass is 9.93. The first-order valence-corrected chi connectivity index (χ1v) is 8.23. The van der Waals surface area contributed by atoms with E-state index in [4.69, 9.17) is 0 Å². The molecule has 26 heavy (non-hydrogen) atoms. The molecule has 2 rings (SSSR count). The highest BCUT2D eigenvalue weighted by atomic mass is 19.4. The molecule has 0 aliphatic carbocycles. The molecule has 0 bridgehead atoms. The number of aryl methyl sites for hydroxylation is 1. The largest absolute Gasteiger partial charge is 0.406 e. The summed E-state index contributed by atoms with van der Waals surface area (Å²) in [5, 5.41) is 12.0. The van der Waals surface area contributed by atoms with Crippen molar-refractivity contribution >= 4 is 11.8 Å². The number of benzene rings is 1. The first-order chi connectivity index (χ1) is 12.1. The van der Waals surface area contributed by atoms with Crippen molar-refractivity contribution < 1.29 is 22.8 Å². The maximum Gasteiger partial charge on any atom is 0.406 e. The van der Waals surface area contributed by atoms with Gasteiger partial charge in [0.1, 0.15) is 12.1 Å². The lowest BCUT2D eigenvalue weighted by Crippen LogP contribution is -2.48. The zero-order valence-electron chi connectivity index (χ0n) is 14.3. The summed E-state index contributed by atoms with van der Waals surface area (Å²) >= 11 is 0. The summed E-state index contributed by atoms with van der Waals surface area (Å²) in [6.07, 6.45) is -3.86. The molecule has 0 saturated carbocycles. The van der Waals surface area contributed by atoms with Crippen LogP contribution in [-0.2, 0) is 16.0 Å². The van der Waals surface area contributed by atoms with Crippen molar-refractivity contribution in [3.8, 4) is 6.07 Å². The molecule has 2 amide bonds. The van der Waals surface area contributed by atoms with E-state index in [0.717, 1.165) is 5.56 Å². The number of halogens is 3. The molecule has 2 atom stereocenters. The van der Waals surface area contributed by atoms with Crippen LogP contribution in [0.5, 0.6) is 0 Å². The molecule has 1 aliphatic heterocycles. The topological polar surface area (TPSA) is 73.2 Å². The van der Waals surface area contributed by atoms with Gasteiger partial charge in [0.2, 0.25) is 11.8 Å². The van der Waals surface area contributed by atoms with Crippen LogP contribution in [0.25, 0.3) is 0 Å². The van der Waals surface area contributed by atoms with Crippen molar-refractivity contribution in [1.82, 2.24) is 10.2 Å². The van der Waals surface area contributed by atoms with Crippen molar-refractivity contribution in [2.75, 3.05) is 13.1 Å². The first-order valence-electron chi connectivity index (χ1n) is 8.23. The standard InChI is InChI=1S/C18H20F3N3O2/c1-17(11-22,8-7-13-5-3-2-4-6-13)23-16(26)14-9-15(25)24(10-14)12-18(19,20)21/h2-6,14H,7-10,12H2,1H3,(H,23,26). The zero-order chi connectivity index (χ0) is 19.4. The van der Waals surface area contributed by atoms with Crippen LogP contribution in [0.2, 0.25) is 0 Å². The van der Waals surface area contributed by atoms with E-state index in [1.165, 1.54) is 0 Å². The fourth-order valence-electron chi connectivity index (χ4n) is 2.88. The van der Waals surface area contributed by atoms with Gasteiger partial charge in [0.25, 0.3) is 0 Å². The van der Waals surface area contributed by atoms with Gasteiger partial charge in [0.15, 0.2) is 0 Å². The third-order valence-electron chi connectivity index (χ3n) is 4.36. The van der Waals surface area contributed by atoms with Gasteiger partial charge in [-0.1, -0.05) is 30.3 Å². The fraction of sp³-hybridized carbons (Fsp3) is 0.500. The monoisotopic (exact) mass is 367 g/mol. The van der Waals surface area contributed by atoms with Crippen LogP contribution in [0.4, 0.5) is 13.2 Å². The number of carbonyl (C=O) groups is 2. The number of nitrogens with zero attached hydrogens (tertiary/aromatic N) is 2. The maximum absolute atomic E-state index is 12.5. The van der Waals surface area contributed by atoms with Crippen LogP contribution in [0.3, 0.4) is 0 Å². The highest BCUT2D eigenvalue weighted by molar-refractivity contribution is 5.89. The van der Waals surface area contributed by atoms with E-state index in [-0.39, 0.29) is 13.0 Å². The second-order valence-electron chi connectivity index (χ2n) is 6.71. The number of nitriles is 1. The zero-order valence-corrected chi connectivity index (χ0v) is 14.3. The van der Waals surface area contributed by atoms with Crippen LogP contribution < -0.4 is 5.32 Å². The minimum Gasteiger partial charge on any atom is -0.338 e. The van der Waals surface area contributed by atoms with Crippen molar-refractivity contribution in [3.05, 3.63) is 35.9 Å². The highest BCUT2D eigenvalue weighted by Crippen LogP contribution is 2.25. The summed E-state index contributed by atoms with van der Waals surface area (Å²) in [5.41, 5.74) is -0.149. The lowest BCUT2D eigenvalue weighted by Gasteiger charge is -2.25. The quantitative estimate of drug-likeness (QED) is 0.839. The Morgan fingerprint density at radius 1 is 1.35 bits per heavy atom. The molecule has 5 nitrogen and oxygen atoms in total. The van der Waals surface area contributed by atoms with Crippen LogP contribution in [0.15, 0.2) is 30.3 Å². The van der Waals surface area contributed by atoms with Gasteiger partial charge in [0, 0.05) is 13.0 Å². The Labute approximate surface area is 149 Å². The Morgan fingerprint density at radius 2 is 2.00 bits per heavy atom. The van der Waals surface area contributed by atoms with Gasteiger partial charge in [-0.3, -0.25) is 9.59 Å². The van der Waals surface area contributed by atoms with Crippen molar-refractivity contribution in [2.24, 2.45) is 5.92 Å². The third kappa shape index (κ3) is 5.48. The van der Waals surface area contributed by atoms with E-state index < -0.39 is 36.0 Å². The summed E-state index contributed by atoms with van der Waals surface area (Å²) < 4.78 is 37.4. The van der Waals surface area contributed by atoms with Crippen LogP contribution in [0.1, 0.15) is 25.3 Å². The van der Waals surface area contributed by atoms with Crippen LogP contribution >= 0.6 is 0 Å². The van der Waals surface area contributed by atoms with Gasteiger partial charge in [-0.2, -0.15) is 18.4 Å². The molecule has 140 valence electrons. The van der Waals surface area contributed by atoms with Gasteiger partial charge < -0.3 is 10.2 Å². The first kappa shape index (κ1) is 19.8. The highest BCUT2D eigenvalue weighted by Gasteiger charge is 2.41. The Kier molecular flexibility index (Phi) is 5.90. The molecule has 1 saturated heterocycles. The molecule has 1 aliphatic rings. The molecular weight excluding hydrogens is 347 g/mol. The summed E-state index contributed by atoms with van der Waals surface area (Å²) in [6, 6.07) is 11.5. The minimum absolute atomic E-state index is 0.276. The molecule has 0 radical (unpaired) electrons. The molecule has 1 aromatic carbocycles. The third-order valence-corrected chi connectivity index (χ3v) is 4.36. The van der Waals surface area contributed by atoms with Gasteiger partial charge >= 0.3 is 6.18 Å². The second-order valence-corrected chi connectivity index (χ2v) is 6.71. The number of hydrogen-bond acceptors (Lipinski definition) is 3. The number of carbonyl (C=O) groups excluding carboxylic acids is 2. The normalized spacial score (nSPS) is 19.7. The van der Waals surface area contributed by atoms with Gasteiger partial charge in [-0.05, 0) is 25.3 Å². The van der Waals surface area contributed by atoms with E-state index >= 15 is 0 Å². The Bertz CT molecular complexity index is 700. The second kappa shape index (κ2) is 7.77. The SMILES string of the molecule is CC(C#N)(CCc1ccccc1)NC(=O)C1CC(=O)N(CC(F)(F)F)C1. The van der Waals surface area contributed by atoms with Crippen molar-refractivity contribution in [3.63, 3.8) is 0 Å². The smallest absolute Gasteiger partial charge is 0.338 e. The predicted molar refractivity (Wildman–Crippen MR) is 87.7 cm³/mol. The van der Waals surface area contributed by atoms with E-state index in [1.807, 2.05) is 30.3 Å². The average molecular weight is 367 g/mol. The van der Waals surface area contributed by atoms with E-state index in [2.05, 4.69) is 11.4 Å². The number of amides is 2. The number of rotatable bonds is 6. The molecule has 2 unspecified atom stereocenters. The fourth-order valence-corrected chi connectivity index (χ4v) is 2.88. The molecule has 0 aromatic heterocycles. The van der Waals surface area contributed by atoms with E-state index in [1.54, 1.807) is 6.92 Å². The molecule has 1 fully saturated rings. The van der Waals surface area contributed by atoms with Crippen molar-refractivity contribution in [2.45, 2.75) is 37.9 Å². The minimum atomic E-state index is -4.50. The number of alkyl halides is 3. The predicted octanol–water partition coefficient (Wildman–Crippen LogP) is 2.43. The number of hydrogen-bond donors (Lipinski definition) is 1. The summed E-state index contributed by atoms with van der Waals surface area (Å²) in [5.74, 6) is -2.15. The van der Waals surface area contributed by atoms with E-state index in [9.17, 15) is 28.0 Å². The number of nitrogens with one attached hydrogen (secondary N) is 1. The molecule has 1 heterocycles.